The Hall–Kier alpha value is -1.09. The smallest absolute Gasteiger partial charge is 0.131 e. The molecule has 0 saturated heterocycles. The highest BCUT2D eigenvalue weighted by Crippen LogP contribution is 2.21. The average molecular weight is 249 g/mol. The maximum atomic E-state index is 5.83. The molecule has 0 bridgehead atoms. The van der Waals surface area contributed by atoms with E-state index in [9.17, 15) is 0 Å². The number of hydrogen-bond acceptors (Lipinski definition) is 3. The van der Waals surface area contributed by atoms with Gasteiger partial charge in [0.15, 0.2) is 0 Å². The highest BCUT2D eigenvalue weighted by Gasteiger charge is 2.13. The SMILES string of the molecule is CCCN(c1ncc(CC(C)N)cc1C)C(C)C. The van der Waals surface area contributed by atoms with Gasteiger partial charge in [0.2, 0.25) is 0 Å². The predicted octanol–water partition coefficient (Wildman–Crippen LogP) is 2.90. The molecule has 0 spiro atoms. The third-order valence-electron chi connectivity index (χ3n) is 3.02. The number of aryl methyl sites for hydroxylation is 1. The van der Waals surface area contributed by atoms with E-state index < -0.39 is 0 Å². The van der Waals surface area contributed by atoms with Crippen molar-refractivity contribution in [2.75, 3.05) is 11.4 Å². The highest BCUT2D eigenvalue weighted by molar-refractivity contribution is 5.48. The Labute approximate surface area is 111 Å². The topological polar surface area (TPSA) is 42.2 Å². The molecule has 1 aromatic rings. The van der Waals surface area contributed by atoms with Crippen LogP contribution in [0.5, 0.6) is 0 Å². The summed E-state index contributed by atoms with van der Waals surface area (Å²) < 4.78 is 0. The molecule has 1 rings (SSSR count). The maximum Gasteiger partial charge on any atom is 0.131 e. The van der Waals surface area contributed by atoms with Crippen LogP contribution < -0.4 is 10.6 Å². The summed E-state index contributed by atoms with van der Waals surface area (Å²) in [4.78, 5) is 7.01. The predicted molar refractivity (Wildman–Crippen MR) is 79.1 cm³/mol. The number of nitrogens with zero attached hydrogens (tertiary/aromatic N) is 2. The summed E-state index contributed by atoms with van der Waals surface area (Å²) in [5.74, 6) is 1.11. The van der Waals surface area contributed by atoms with Crippen LogP contribution in [0.2, 0.25) is 0 Å². The van der Waals surface area contributed by atoms with Gasteiger partial charge in [-0.1, -0.05) is 13.0 Å². The lowest BCUT2D eigenvalue weighted by Crippen LogP contribution is -2.33. The van der Waals surface area contributed by atoms with E-state index in [1.165, 1.54) is 11.1 Å². The number of hydrogen-bond donors (Lipinski definition) is 1. The fourth-order valence-corrected chi connectivity index (χ4v) is 2.26. The first kappa shape index (κ1) is 15.0. The van der Waals surface area contributed by atoms with Crippen LogP contribution in [0.1, 0.15) is 45.2 Å². The molecule has 3 heteroatoms. The van der Waals surface area contributed by atoms with E-state index in [1.54, 1.807) is 0 Å². The van der Waals surface area contributed by atoms with Crippen LogP contribution >= 0.6 is 0 Å². The van der Waals surface area contributed by atoms with Crippen LogP contribution in [-0.4, -0.2) is 23.6 Å². The van der Waals surface area contributed by atoms with Crippen LogP contribution in [0.3, 0.4) is 0 Å². The summed E-state index contributed by atoms with van der Waals surface area (Å²) in [5, 5.41) is 0. The fraction of sp³-hybridized carbons (Fsp3) is 0.667. The van der Waals surface area contributed by atoms with Crippen molar-refractivity contribution in [3.63, 3.8) is 0 Å². The molecule has 1 unspecified atom stereocenters. The van der Waals surface area contributed by atoms with Gasteiger partial charge in [-0.05, 0) is 51.7 Å². The van der Waals surface area contributed by atoms with E-state index in [0.717, 1.165) is 25.2 Å². The zero-order chi connectivity index (χ0) is 13.7. The minimum absolute atomic E-state index is 0.189. The summed E-state index contributed by atoms with van der Waals surface area (Å²) in [6.45, 7) is 11.9. The third kappa shape index (κ3) is 3.98. The van der Waals surface area contributed by atoms with Crippen molar-refractivity contribution >= 4 is 5.82 Å². The first-order valence-corrected chi connectivity index (χ1v) is 6.93. The minimum Gasteiger partial charge on any atom is -0.354 e. The van der Waals surface area contributed by atoms with E-state index in [4.69, 9.17) is 5.73 Å². The van der Waals surface area contributed by atoms with Gasteiger partial charge in [0.05, 0.1) is 0 Å². The van der Waals surface area contributed by atoms with Crippen LogP contribution in [-0.2, 0) is 6.42 Å². The Bertz CT molecular complexity index is 372. The van der Waals surface area contributed by atoms with Crippen LogP contribution in [0.25, 0.3) is 0 Å². The maximum absolute atomic E-state index is 5.83. The van der Waals surface area contributed by atoms with Gasteiger partial charge in [-0.25, -0.2) is 4.98 Å². The zero-order valence-corrected chi connectivity index (χ0v) is 12.4. The van der Waals surface area contributed by atoms with E-state index in [0.29, 0.717) is 6.04 Å². The van der Waals surface area contributed by atoms with Crippen molar-refractivity contribution < 1.29 is 0 Å². The van der Waals surface area contributed by atoms with Crippen molar-refractivity contribution in [3.05, 3.63) is 23.4 Å². The molecule has 0 radical (unpaired) electrons. The Balaban J connectivity index is 2.95. The lowest BCUT2D eigenvalue weighted by molar-refractivity contribution is 0.658. The number of nitrogens with two attached hydrogens (primary N) is 1. The molecule has 0 saturated carbocycles. The van der Waals surface area contributed by atoms with E-state index in [1.807, 2.05) is 13.1 Å². The van der Waals surface area contributed by atoms with Crippen LogP contribution in [0.4, 0.5) is 5.82 Å². The fourth-order valence-electron chi connectivity index (χ4n) is 2.26. The van der Waals surface area contributed by atoms with Crippen molar-refractivity contribution in [2.24, 2.45) is 5.73 Å². The van der Waals surface area contributed by atoms with E-state index >= 15 is 0 Å². The molecule has 1 atom stereocenters. The van der Waals surface area contributed by atoms with Crippen molar-refractivity contribution in [3.8, 4) is 0 Å². The molecule has 3 nitrogen and oxygen atoms in total. The Morgan fingerprint density at radius 1 is 1.33 bits per heavy atom. The summed E-state index contributed by atoms with van der Waals surface area (Å²) in [6.07, 6.45) is 4.00. The van der Waals surface area contributed by atoms with Crippen molar-refractivity contribution in [1.82, 2.24) is 4.98 Å². The summed E-state index contributed by atoms with van der Waals surface area (Å²) in [5.41, 5.74) is 8.30. The zero-order valence-electron chi connectivity index (χ0n) is 12.4. The van der Waals surface area contributed by atoms with E-state index in [2.05, 4.69) is 43.6 Å². The lowest BCUT2D eigenvalue weighted by Gasteiger charge is -2.29. The normalized spacial score (nSPS) is 12.8. The molecular weight excluding hydrogens is 222 g/mol. The molecule has 0 fully saturated rings. The van der Waals surface area contributed by atoms with Gasteiger partial charge in [-0.3, -0.25) is 0 Å². The summed E-state index contributed by atoms with van der Waals surface area (Å²) >= 11 is 0. The van der Waals surface area contributed by atoms with Gasteiger partial charge in [-0.2, -0.15) is 0 Å². The molecule has 2 N–H and O–H groups in total. The molecule has 0 aromatic carbocycles. The number of aromatic nitrogens is 1. The molecule has 0 aliphatic carbocycles. The molecule has 0 aliphatic rings. The molecule has 102 valence electrons. The van der Waals surface area contributed by atoms with Gasteiger partial charge in [0.25, 0.3) is 0 Å². The standard InChI is InChI=1S/C15H27N3/c1-6-7-18(11(2)3)15-12(4)8-14(10-17-15)9-13(5)16/h8,10-11,13H,6-7,9,16H2,1-5H3. The summed E-state index contributed by atoms with van der Waals surface area (Å²) in [7, 11) is 0. The molecule has 0 amide bonds. The Morgan fingerprint density at radius 2 is 2.00 bits per heavy atom. The quantitative estimate of drug-likeness (QED) is 0.843. The average Bonchev–Trinajstić information content (AvgIpc) is 2.25. The largest absolute Gasteiger partial charge is 0.354 e. The van der Waals surface area contributed by atoms with E-state index in [-0.39, 0.29) is 6.04 Å². The lowest BCUT2D eigenvalue weighted by atomic mass is 10.1. The molecule has 1 heterocycles. The second-order valence-corrected chi connectivity index (χ2v) is 5.45. The molecule has 0 aliphatic heterocycles. The number of rotatable bonds is 6. The van der Waals surface area contributed by atoms with Gasteiger partial charge in [0, 0.05) is 24.8 Å². The first-order chi connectivity index (χ1) is 8.45. The monoisotopic (exact) mass is 249 g/mol. The Morgan fingerprint density at radius 3 is 2.44 bits per heavy atom. The second-order valence-electron chi connectivity index (χ2n) is 5.45. The highest BCUT2D eigenvalue weighted by atomic mass is 15.2. The van der Waals surface area contributed by atoms with Gasteiger partial charge >= 0.3 is 0 Å². The molecule has 1 aromatic heterocycles. The third-order valence-corrected chi connectivity index (χ3v) is 3.02. The molecular formula is C15H27N3. The van der Waals surface area contributed by atoms with Gasteiger partial charge in [-0.15, -0.1) is 0 Å². The first-order valence-electron chi connectivity index (χ1n) is 6.93. The van der Waals surface area contributed by atoms with Crippen molar-refractivity contribution in [2.45, 2.75) is 59.5 Å². The number of pyridine rings is 1. The number of anilines is 1. The minimum atomic E-state index is 0.189. The van der Waals surface area contributed by atoms with Gasteiger partial charge < -0.3 is 10.6 Å². The van der Waals surface area contributed by atoms with Gasteiger partial charge in [0.1, 0.15) is 5.82 Å². The van der Waals surface area contributed by atoms with Crippen molar-refractivity contribution in [1.29, 1.82) is 0 Å². The van der Waals surface area contributed by atoms with Crippen LogP contribution in [0, 0.1) is 6.92 Å². The van der Waals surface area contributed by atoms with Crippen LogP contribution in [0.15, 0.2) is 12.3 Å². The Kier molecular flexibility index (Phi) is 5.60. The summed E-state index contributed by atoms with van der Waals surface area (Å²) in [6, 6.07) is 2.89. The second kappa shape index (κ2) is 6.74. The molecule has 18 heavy (non-hydrogen) atoms.